The summed E-state index contributed by atoms with van der Waals surface area (Å²) in [5, 5.41) is 10.2. The van der Waals surface area contributed by atoms with Crippen molar-refractivity contribution in [2.45, 2.75) is 40.7 Å². The average Bonchev–Trinajstić information content (AvgIpc) is 2.15. The van der Waals surface area contributed by atoms with Gasteiger partial charge in [0, 0.05) is 0 Å². The highest BCUT2D eigenvalue weighted by atomic mass is 16.3. The standard InChI is InChI=1S/C14H22O/c1-10-6-8-12(9-7-10)13(15)11(2)14(3,4)5/h6-9,11,13,15H,1-5H3. The molecule has 0 aliphatic heterocycles. The van der Waals surface area contributed by atoms with Crippen molar-refractivity contribution in [2.75, 3.05) is 0 Å². The van der Waals surface area contributed by atoms with Crippen LogP contribution in [0.5, 0.6) is 0 Å². The highest BCUT2D eigenvalue weighted by molar-refractivity contribution is 5.23. The fourth-order valence-corrected chi connectivity index (χ4v) is 1.53. The molecule has 0 radical (unpaired) electrons. The second-order valence-electron chi connectivity index (χ2n) is 5.51. The van der Waals surface area contributed by atoms with Crippen LogP contribution >= 0.6 is 0 Å². The first-order valence-corrected chi connectivity index (χ1v) is 5.57. The maximum atomic E-state index is 10.2. The van der Waals surface area contributed by atoms with Gasteiger partial charge >= 0.3 is 0 Å². The molecule has 1 heteroatoms. The van der Waals surface area contributed by atoms with Crippen LogP contribution in [0.3, 0.4) is 0 Å². The lowest BCUT2D eigenvalue weighted by Gasteiger charge is -2.31. The molecule has 0 heterocycles. The third-order valence-electron chi connectivity index (χ3n) is 3.26. The highest BCUT2D eigenvalue weighted by Gasteiger charge is 2.27. The zero-order valence-corrected chi connectivity index (χ0v) is 10.4. The number of benzene rings is 1. The fourth-order valence-electron chi connectivity index (χ4n) is 1.53. The van der Waals surface area contributed by atoms with Crippen molar-refractivity contribution in [3.63, 3.8) is 0 Å². The van der Waals surface area contributed by atoms with Gasteiger partial charge in [-0.2, -0.15) is 0 Å². The van der Waals surface area contributed by atoms with E-state index in [2.05, 4.69) is 34.6 Å². The van der Waals surface area contributed by atoms with Gasteiger partial charge in [0.1, 0.15) is 0 Å². The van der Waals surface area contributed by atoms with Crippen LogP contribution in [-0.2, 0) is 0 Å². The Labute approximate surface area is 93.1 Å². The lowest BCUT2D eigenvalue weighted by molar-refractivity contribution is 0.0535. The Hall–Kier alpha value is -0.820. The average molecular weight is 206 g/mol. The van der Waals surface area contributed by atoms with Crippen LogP contribution in [0.4, 0.5) is 0 Å². The number of aryl methyl sites for hydroxylation is 1. The van der Waals surface area contributed by atoms with Crippen molar-refractivity contribution in [3.05, 3.63) is 35.4 Å². The van der Waals surface area contributed by atoms with E-state index in [9.17, 15) is 5.11 Å². The maximum absolute atomic E-state index is 10.2. The molecule has 1 rings (SSSR count). The Morgan fingerprint density at radius 1 is 1.07 bits per heavy atom. The van der Waals surface area contributed by atoms with E-state index in [1.54, 1.807) is 0 Å². The predicted molar refractivity (Wildman–Crippen MR) is 64.8 cm³/mol. The maximum Gasteiger partial charge on any atom is 0.0820 e. The lowest BCUT2D eigenvalue weighted by Crippen LogP contribution is -2.24. The summed E-state index contributed by atoms with van der Waals surface area (Å²) in [6, 6.07) is 8.13. The Kier molecular flexibility index (Phi) is 3.56. The molecule has 2 unspecified atom stereocenters. The Bertz CT molecular complexity index is 305. The molecule has 0 aliphatic rings. The van der Waals surface area contributed by atoms with Gasteiger partial charge in [0.25, 0.3) is 0 Å². The molecule has 0 fully saturated rings. The van der Waals surface area contributed by atoms with E-state index in [-0.39, 0.29) is 17.4 Å². The van der Waals surface area contributed by atoms with Crippen molar-refractivity contribution >= 4 is 0 Å². The molecule has 0 spiro atoms. The number of aliphatic hydroxyl groups excluding tert-OH is 1. The van der Waals surface area contributed by atoms with Crippen molar-refractivity contribution in [3.8, 4) is 0 Å². The third kappa shape index (κ3) is 3.07. The Balaban J connectivity index is 2.85. The van der Waals surface area contributed by atoms with Crippen molar-refractivity contribution in [2.24, 2.45) is 11.3 Å². The summed E-state index contributed by atoms with van der Waals surface area (Å²) < 4.78 is 0. The minimum atomic E-state index is -0.370. The normalized spacial score (nSPS) is 16.1. The molecule has 15 heavy (non-hydrogen) atoms. The van der Waals surface area contributed by atoms with Crippen LogP contribution in [0.1, 0.15) is 44.9 Å². The van der Waals surface area contributed by atoms with Gasteiger partial charge in [-0.15, -0.1) is 0 Å². The van der Waals surface area contributed by atoms with Gasteiger partial charge in [-0.25, -0.2) is 0 Å². The molecule has 0 aromatic heterocycles. The van der Waals surface area contributed by atoms with Crippen LogP contribution in [0.2, 0.25) is 0 Å². The molecule has 2 atom stereocenters. The zero-order valence-electron chi connectivity index (χ0n) is 10.4. The molecule has 1 aromatic carbocycles. The Morgan fingerprint density at radius 2 is 1.53 bits per heavy atom. The van der Waals surface area contributed by atoms with Gasteiger partial charge in [-0.1, -0.05) is 57.5 Å². The molecule has 1 N–H and O–H groups in total. The quantitative estimate of drug-likeness (QED) is 0.782. The van der Waals surface area contributed by atoms with Crippen molar-refractivity contribution < 1.29 is 5.11 Å². The van der Waals surface area contributed by atoms with Crippen LogP contribution in [0.15, 0.2) is 24.3 Å². The molecule has 1 aromatic rings. The van der Waals surface area contributed by atoms with Crippen molar-refractivity contribution in [1.82, 2.24) is 0 Å². The summed E-state index contributed by atoms with van der Waals surface area (Å²) >= 11 is 0. The molecule has 0 saturated carbocycles. The molecule has 1 nitrogen and oxygen atoms in total. The van der Waals surface area contributed by atoms with Crippen LogP contribution in [-0.4, -0.2) is 5.11 Å². The zero-order chi connectivity index (χ0) is 11.6. The predicted octanol–water partition coefficient (Wildman–Crippen LogP) is 3.71. The molecular weight excluding hydrogens is 184 g/mol. The smallest absolute Gasteiger partial charge is 0.0820 e. The largest absolute Gasteiger partial charge is 0.388 e. The summed E-state index contributed by atoms with van der Waals surface area (Å²) in [5.74, 6) is 0.250. The van der Waals surface area contributed by atoms with E-state index in [0.29, 0.717) is 0 Å². The number of hydrogen-bond donors (Lipinski definition) is 1. The minimum Gasteiger partial charge on any atom is -0.388 e. The topological polar surface area (TPSA) is 20.2 Å². The summed E-state index contributed by atoms with van der Waals surface area (Å²) in [7, 11) is 0. The SMILES string of the molecule is Cc1ccc(C(O)C(C)C(C)(C)C)cc1. The van der Waals surface area contributed by atoms with E-state index in [1.807, 2.05) is 24.3 Å². The van der Waals surface area contributed by atoms with Gasteiger partial charge < -0.3 is 5.11 Å². The monoisotopic (exact) mass is 206 g/mol. The van der Waals surface area contributed by atoms with Gasteiger partial charge in [0.05, 0.1) is 6.10 Å². The summed E-state index contributed by atoms with van der Waals surface area (Å²) in [6.45, 7) is 10.6. The molecule has 0 aliphatic carbocycles. The third-order valence-corrected chi connectivity index (χ3v) is 3.26. The first-order chi connectivity index (χ1) is 6.82. The first-order valence-electron chi connectivity index (χ1n) is 5.57. The fraction of sp³-hybridized carbons (Fsp3) is 0.571. The second kappa shape index (κ2) is 4.36. The minimum absolute atomic E-state index is 0.129. The highest BCUT2D eigenvalue weighted by Crippen LogP contribution is 2.35. The number of rotatable bonds is 2. The van der Waals surface area contributed by atoms with E-state index in [4.69, 9.17) is 0 Å². The summed E-state index contributed by atoms with van der Waals surface area (Å²) in [4.78, 5) is 0. The number of aliphatic hydroxyl groups is 1. The summed E-state index contributed by atoms with van der Waals surface area (Å²) in [6.07, 6.45) is -0.370. The van der Waals surface area contributed by atoms with Gasteiger partial charge in [0.15, 0.2) is 0 Å². The number of hydrogen-bond acceptors (Lipinski definition) is 1. The van der Waals surface area contributed by atoms with E-state index in [1.165, 1.54) is 5.56 Å². The van der Waals surface area contributed by atoms with E-state index in [0.717, 1.165) is 5.56 Å². The van der Waals surface area contributed by atoms with Gasteiger partial charge in [0.2, 0.25) is 0 Å². The molecule has 84 valence electrons. The first kappa shape index (κ1) is 12.3. The Morgan fingerprint density at radius 3 is 1.93 bits per heavy atom. The van der Waals surface area contributed by atoms with E-state index >= 15 is 0 Å². The van der Waals surface area contributed by atoms with Gasteiger partial charge in [-0.05, 0) is 23.8 Å². The molecule has 0 saturated heterocycles. The molecule has 0 bridgehead atoms. The molecular formula is C14H22O. The lowest BCUT2D eigenvalue weighted by atomic mass is 9.77. The van der Waals surface area contributed by atoms with Crippen molar-refractivity contribution in [1.29, 1.82) is 0 Å². The van der Waals surface area contributed by atoms with Crippen LogP contribution in [0, 0.1) is 18.3 Å². The van der Waals surface area contributed by atoms with Crippen LogP contribution in [0.25, 0.3) is 0 Å². The van der Waals surface area contributed by atoms with Gasteiger partial charge in [-0.3, -0.25) is 0 Å². The summed E-state index contributed by atoms with van der Waals surface area (Å²) in [5.41, 5.74) is 2.38. The van der Waals surface area contributed by atoms with Crippen LogP contribution < -0.4 is 0 Å². The molecule has 0 amide bonds. The van der Waals surface area contributed by atoms with E-state index < -0.39 is 0 Å². The second-order valence-corrected chi connectivity index (χ2v) is 5.51.